The lowest BCUT2D eigenvalue weighted by molar-refractivity contribution is -0.121. The Balaban J connectivity index is 2.37. The zero-order chi connectivity index (χ0) is 12.1. The van der Waals surface area contributed by atoms with E-state index in [0.29, 0.717) is 6.54 Å². The van der Waals surface area contributed by atoms with Gasteiger partial charge < -0.3 is 10.2 Å². The molecule has 88 valence electrons. The topological polar surface area (TPSA) is 97.4 Å². The van der Waals surface area contributed by atoms with E-state index >= 15 is 0 Å². The Morgan fingerprint density at radius 3 is 2.69 bits per heavy atom. The van der Waals surface area contributed by atoms with Crippen molar-refractivity contribution in [1.82, 2.24) is 10.6 Å². The molecule has 0 saturated carbocycles. The van der Waals surface area contributed by atoms with Gasteiger partial charge in [-0.3, -0.25) is 15.4 Å². The summed E-state index contributed by atoms with van der Waals surface area (Å²) in [4.78, 5) is 21.7. The molecule has 3 amide bonds. The van der Waals surface area contributed by atoms with Crippen LogP contribution in [0.25, 0.3) is 0 Å². The molecule has 0 saturated heterocycles. The third kappa shape index (κ3) is 3.74. The van der Waals surface area contributed by atoms with E-state index in [1.807, 2.05) is 24.4 Å². The van der Waals surface area contributed by atoms with E-state index < -0.39 is 18.0 Å². The van der Waals surface area contributed by atoms with E-state index in [-0.39, 0.29) is 0 Å². The van der Waals surface area contributed by atoms with Crippen molar-refractivity contribution >= 4 is 11.9 Å². The summed E-state index contributed by atoms with van der Waals surface area (Å²) in [6.07, 6.45) is 0. The van der Waals surface area contributed by atoms with Crippen LogP contribution in [-0.2, 0) is 11.3 Å². The van der Waals surface area contributed by atoms with Crippen LogP contribution in [0.15, 0.2) is 16.5 Å². The molecule has 1 atom stereocenters. The maximum atomic E-state index is 11.3. The van der Waals surface area contributed by atoms with E-state index in [1.54, 1.807) is 6.92 Å². The van der Waals surface area contributed by atoms with E-state index in [9.17, 15) is 9.59 Å². The number of amides is 3. The molecule has 0 aliphatic rings. The average Bonchev–Trinajstić information content (AvgIpc) is 2.59. The van der Waals surface area contributed by atoms with Crippen molar-refractivity contribution in [2.45, 2.75) is 26.4 Å². The number of rotatable bonds is 4. The second-order valence-corrected chi connectivity index (χ2v) is 3.47. The highest BCUT2D eigenvalue weighted by Crippen LogP contribution is 2.05. The normalized spacial score (nSPS) is 12.1. The smallest absolute Gasteiger partial charge is 0.318 e. The largest absolute Gasteiger partial charge is 0.465 e. The minimum absolute atomic E-state index is 0.418. The summed E-state index contributed by atoms with van der Waals surface area (Å²) in [5.74, 6) is 1.08. The van der Waals surface area contributed by atoms with E-state index in [0.717, 1.165) is 11.5 Å². The minimum Gasteiger partial charge on any atom is -0.465 e. The van der Waals surface area contributed by atoms with Gasteiger partial charge >= 0.3 is 6.03 Å². The Morgan fingerprint density at radius 2 is 2.19 bits per heavy atom. The number of aryl methyl sites for hydroxylation is 1. The van der Waals surface area contributed by atoms with Crippen LogP contribution < -0.4 is 16.4 Å². The SMILES string of the molecule is Cc1ccc(CNC(C)C(=O)NC(N)=O)o1. The standard InChI is InChI=1S/C10H15N3O3/c1-6-3-4-8(16-6)5-12-7(2)9(14)13-10(11)15/h3-4,7,12H,5H2,1-2H3,(H3,11,13,14,15). The predicted molar refractivity (Wildman–Crippen MR) is 57.5 cm³/mol. The van der Waals surface area contributed by atoms with Gasteiger partial charge in [0, 0.05) is 0 Å². The van der Waals surface area contributed by atoms with Crippen LogP contribution in [-0.4, -0.2) is 18.0 Å². The number of carbonyl (C=O) groups excluding carboxylic acids is 2. The zero-order valence-electron chi connectivity index (χ0n) is 9.24. The molecule has 0 aromatic carbocycles. The number of urea groups is 1. The lowest BCUT2D eigenvalue weighted by Gasteiger charge is -2.10. The van der Waals surface area contributed by atoms with Crippen molar-refractivity contribution in [2.24, 2.45) is 5.73 Å². The van der Waals surface area contributed by atoms with Crippen molar-refractivity contribution in [3.05, 3.63) is 23.7 Å². The summed E-state index contributed by atoms with van der Waals surface area (Å²) < 4.78 is 5.31. The van der Waals surface area contributed by atoms with Crippen molar-refractivity contribution in [2.75, 3.05) is 0 Å². The third-order valence-corrected chi connectivity index (χ3v) is 2.02. The first-order valence-corrected chi connectivity index (χ1v) is 4.88. The van der Waals surface area contributed by atoms with Gasteiger partial charge in [-0.05, 0) is 26.0 Å². The van der Waals surface area contributed by atoms with Gasteiger partial charge in [0.2, 0.25) is 5.91 Å². The lowest BCUT2D eigenvalue weighted by atomic mass is 10.3. The average molecular weight is 225 g/mol. The first kappa shape index (κ1) is 12.3. The molecule has 16 heavy (non-hydrogen) atoms. The molecule has 0 spiro atoms. The second-order valence-electron chi connectivity index (χ2n) is 3.47. The lowest BCUT2D eigenvalue weighted by Crippen LogP contribution is -2.46. The number of nitrogens with two attached hydrogens (primary N) is 1. The molecule has 1 unspecified atom stereocenters. The molecular formula is C10H15N3O3. The number of primary amides is 1. The Labute approximate surface area is 93.2 Å². The summed E-state index contributed by atoms with van der Waals surface area (Å²) in [5, 5.41) is 4.89. The quantitative estimate of drug-likeness (QED) is 0.684. The highest BCUT2D eigenvalue weighted by molar-refractivity contribution is 5.96. The summed E-state index contributed by atoms with van der Waals surface area (Å²) in [5.41, 5.74) is 4.82. The van der Waals surface area contributed by atoms with Crippen molar-refractivity contribution in [3.63, 3.8) is 0 Å². The predicted octanol–water partition coefficient (Wildman–Crippen LogP) is 0.261. The van der Waals surface area contributed by atoms with Crippen molar-refractivity contribution in [3.8, 4) is 0 Å². The van der Waals surface area contributed by atoms with Gasteiger partial charge in [0.25, 0.3) is 0 Å². The van der Waals surface area contributed by atoms with Crippen LogP contribution >= 0.6 is 0 Å². The fourth-order valence-electron chi connectivity index (χ4n) is 1.16. The van der Waals surface area contributed by atoms with Gasteiger partial charge in [0.15, 0.2) is 0 Å². The summed E-state index contributed by atoms with van der Waals surface area (Å²) in [7, 11) is 0. The number of hydrogen-bond acceptors (Lipinski definition) is 4. The maximum Gasteiger partial charge on any atom is 0.318 e. The Hall–Kier alpha value is -1.82. The number of nitrogens with one attached hydrogen (secondary N) is 2. The van der Waals surface area contributed by atoms with Crippen molar-refractivity contribution in [1.29, 1.82) is 0 Å². The van der Waals surface area contributed by atoms with E-state index in [1.165, 1.54) is 0 Å². The third-order valence-electron chi connectivity index (χ3n) is 2.02. The molecule has 0 aliphatic heterocycles. The highest BCUT2D eigenvalue weighted by Gasteiger charge is 2.13. The van der Waals surface area contributed by atoms with Crippen LogP contribution in [0.4, 0.5) is 4.79 Å². The minimum atomic E-state index is -0.854. The molecule has 1 aromatic heterocycles. The molecule has 0 fully saturated rings. The number of imide groups is 1. The van der Waals surface area contributed by atoms with Gasteiger partial charge in [-0.25, -0.2) is 4.79 Å². The summed E-state index contributed by atoms with van der Waals surface area (Å²) >= 11 is 0. The Morgan fingerprint density at radius 1 is 1.50 bits per heavy atom. The number of hydrogen-bond donors (Lipinski definition) is 3. The monoisotopic (exact) mass is 225 g/mol. The van der Waals surface area contributed by atoms with Crippen LogP contribution in [0.2, 0.25) is 0 Å². The first-order chi connectivity index (χ1) is 7.49. The summed E-state index contributed by atoms with van der Waals surface area (Å²) in [6, 6.07) is 2.29. The number of furan rings is 1. The second kappa shape index (κ2) is 5.32. The molecule has 4 N–H and O–H groups in total. The van der Waals surface area contributed by atoms with Crippen LogP contribution in [0, 0.1) is 6.92 Å². The number of carbonyl (C=O) groups is 2. The zero-order valence-corrected chi connectivity index (χ0v) is 9.24. The van der Waals surface area contributed by atoms with Crippen LogP contribution in [0.1, 0.15) is 18.4 Å². The molecule has 1 rings (SSSR count). The summed E-state index contributed by atoms with van der Waals surface area (Å²) in [6.45, 7) is 3.89. The molecule has 6 nitrogen and oxygen atoms in total. The van der Waals surface area contributed by atoms with E-state index in [2.05, 4.69) is 5.32 Å². The van der Waals surface area contributed by atoms with Gasteiger partial charge in [-0.1, -0.05) is 0 Å². The maximum absolute atomic E-state index is 11.3. The molecule has 0 bridgehead atoms. The molecular weight excluding hydrogens is 210 g/mol. The fourth-order valence-corrected chi connectivity index (χ4v) is 1.16. The Kier molecular flexibility index (Phi) is 4.07. The molecule has 1 aromatic rings. The Bertz CT molecular complexity index is 386. The highest BCUT2D eigenvalue weighted by atomic mass is 16.3. The van der Waals surface area contributed by atoms with Gasteiger partial charge in [0.1, 0.15) is 11.5 Å². The first-order valence-electron chi connectivity index (χ1n) is 4.88. The van der Waals surface area contributed by atoms with Crippen LogP contribution in [0.5, 0.6) is 0 Å². The van der Waals surface area contributed by atoms with Gasteiger partial charge in [-0.15, -0.1) is 0 Å². The van der Waals surface area contributed by atoms with Crippen molar-refractivity contribution < 1.29 is 14.0 Å². The van der Waals surface area contributed by atoms with E-state index in [4.69, 9.17) is 10.2 Å². The van der Waals surface area contributed by atoms with Crippen LogP contribution in [0.3, 0.4) is 0 Å². The molecule has 1 heterocycles. The molecule has 6 heteroatoms. The molecule has 0 aliphatic carbocycles. The fraction of sp³-hybridized carbons (Fsp3) is 0.400. The molecule has 0 radical (unpaired) electrons. The van der Waals surface area contributed by atoms with Gasteiger partial charge in [-0.2, -0.15) is 0 Å². The van der Waals surface area contributed by atoms with Gasteiger partial charge in [0.05, 0.1) is 12.6 Å².